The van der Waals surface area contributed by atoms with E-state index in [0.717, 1.165) is 11.8 Å². The van der Waals surface area contributed by atoms with Crippen molar-refractivity contribution in [1.29, 1.82) is 0 Å². The molecule has 1 aromatic carbocycles. The molecular weight excluding hydrogens is 238 g/mol. The van der Waals surface area contributed by atoms with Crippen LogP contribution in [0.1, 0.15) is 11.1 Å². The van der Waals surface area contributed by atoms with Gasteiger partial charge in [-0.2, -0.15) is 0 Å². The van der Waals surface area contributed by atoms with Crippen LogP contribution in [-0.4, -0.2) is 33.4 Å². The van der Waals surface area contributed by atoms with Crippen molar-refractivity contribution in [3.8, 4) is 0 Å². The highest BCUT2D eigenvalue weighted by Crippen LogP contribution is 2.22. The molecule has 1 N–H and O–H groups in total. The minimum atomic E-state index is -0.882. The summed E-state index contributed by atoms with van der Waals surface area (Å²) in [5, 5.41) is 8.49. The molecule has 0 atom stereocenters. The number of nitrogens with zero attached hydrogens (tertiary/aromatic N) is 1. The van der Waals surface area contributed by atoms with Gasteiger partial charge in [0.2, 0.25) is 5.91 Å². The van der Waals surface area contributed by atoms with Crippen LogP contribution in [0.25, 0.3) is 0 Å². The predicted octanol–water partition coefficient (Wildman–Crippen LogP) is 1.35. The summed E-state index contributed by atoms with van der Waals surface area (Å²) < 4.78 is 0. The monoisotopic (exact) mass is 251 g/mol. The average Bonchev–Trinajstić information content (AvgIpc) is 2.71. The molecule has 90 valence electrons. The van der Waals surface area contributed by atoms with Crippen LogP contribution < -0.4 is 0 Å². The highest BCUT2D eigenvalue weighted by molar-refractivity contribution is 8.00. The number of carboxylic acid groups (broad SMARTS) is 1. The minimum Gasteiger partial charge on any atom is -0.481 e. The fraction of sp³-hybridized carbons (Fsp3) is 0.333. The van der Waals surface area contributed by atoms with E-state index in [4.69, 9.17) is 5.11 Å². The Hall–Kier alpha value is -1.49. The van der Waals surface area contributed by atoms with Gasteiger partial charge >= 0.3 is 5.97 Å². The van der Waals surface area contributed by atoms with Gasteiger partial charge in [-0.25, -0.2) is 0 Å². The fourth-order valence-electron chi connectivity index (χ4n) is 1.83. The molecule has 1 amide bonds. The molecule has 0 radical (unpaired) electrons. The van der Waals surface area contributed by atoms with Gasteiger partial charge in [-0.05, 0) is 11.1 Å². The van der Waals surface area contributed by atoms with E-state index >= 15 is 0 Å². The number of amides is 1. The first-order chi connectivity index (χ1) is 8.16. The SMILES string of the molecule is O=C(O)CSCC(=O)N1Cc2ccccc2C1. The summed E-state index contributed by atoms with van der Waals surface area (Å²) in [6.45, 7) is 1.28. The van der Waals surface area contributed by atoms with Gasteiger partial charge in [0.1, 0.15) is 0 Å². The number of thioether (sulfide) groups is 1. The van der Waals surface area contributed by atoms with E-state index in [9.17, 15) is 9.59 Å². The molecule has 0 aromatic heterocycles. The molecule has 2 rings (SSSR count). The van der Waals surface area contributed by atoms with Crippen molar-refractivity contribution >= 4 is 23.6 Å². The van der Waals surface area contributed by atoms with Crippen LogP contribution in [-0.2, 0) is 22.7 Å². The highest BCUT2D eigenvalue weighted by atomic mass is 32.2. The molecule has 0 aliphatic carbocycles. The Balaban J connectivity index is 1.86. The van der Waals surface area contributed by atoms with Crippen LogP contribution in [0, 0.1) is 0 Å². The van der Waals surface area contributed by atoms with Gasteiger partial charge < -0.3 is 10.0 Å². The molecule has 1 heterocycles. The summed E-state index contributed by atoms with van der Waals surface area (Å²) in [7, 11) is 0. The Morgan fingerprint density at radius 1 is 1.18 bits per heavy atom. The zero-order chi connectivity index (χ0) is 12.3. The molecule has 1 aliphatic rings. The fourth-order valence-corrected chi connectivity index (χ4v) is 2.46. The van der Waals surface area contributed by atoms with Gasteiger partial charge in [0.25, 0.3) is 0 Å². The zero-order valence-electron chi connectivity index (χ0n) is 9.26. The van der Waals surface area contributed by atoms with E-state index in [1.54, 1.807) is 4.90 Å². The standard InChI is InChI=1S/C12H13NO3S/c14-11(7-17-8-12(15)16)13-5-9-3-1-2-4-10(9)6-13/h1-4H,5-8H2,(H,15,16). The van der Waals surface area contributed by atoms with Crippen molar-refractivity contribution in [2.75, 3.05) is 11.5 Å². The molecule has 1 aromatic rings. The van der Waals surface area contributed by atoms with Gasteiger partial charge in [0.15, 0.2) is 0 Å². The van der Waals surface area contributed by atoms with Crippen molar-refractivity contribution in [3.05, 3.63) is 35.4 Å². The smallest absolute Gasteiger partial charge is 0.313 e. The van der Waals surface area contributed by atoms with Crippen LogP contribution in [0.15, 0.2) is 24.3 Å². The number of hydrogen-bond donors (Lipinski definition) is 1. The van der Waals surface area contributed by atoms with Crippen molar-refractivity contribution in [3.63, 3.8) is 0 Å². The quantitative estimate of drug-likeness (QED) is 0.877. The second-order valence-corrected chi connectivity index (χ2v) is 4.89. The van der Waals surface area contributed by atoms with Crippen LogP contribution in [0.5, 0.6) is 0 Å². The third-order valence-corrected chi connectivity index (χ3v) is 3.55. The average molecular weight is 251 g/mol. The maximum Gasteiger partial charge on any atom is 0.313 e. The third kappa shape index (κ3) is 3.00. The lowest BCUT2D eigenvalue weighted by Gasteiger charge is -2.14. The summed E-state index contributed by atoms with van der Waals surface area (Å²) in [4.78, 5) is 23.9. The summed E-state index contributed by atoms with van der Waals surface area (Å²) in [5.41, 5.74) is 2.37. The summed E-state index contributed by atoms with van der Waals surface area (Å²) in [6, 6.07) is 7.97. The number of rotatable bonds is 4. The van der Waals surface area contributed by atoms with E-state index in [1.807, 2.05) is 24.3 Å². The van der Waals surface area contributed by atoms with Crippen molar-refractivity contribution in [2.24, 2.45) is 0 Å². The first-order valence-electron chi connectivity index (χ1n) is 5.31. The first-order valence-corrected chi connectivity index (χ1v) is 6.46. The molecule has 0 saturated carbocycles. The molecule has 4 nitrogen and oxygen atoms in total. The zero-order valence-corrected chi connectivity index (χ0v) is 10.1. The largest absolute Gasteiger partial charge is 0.481 e. The second kappa shape index (κ2) is 5.23. The van der Waals surface area contributed by atoms with Gasteiger partial charge in [-0.15, -0.1) is 11.8 Å². The molecule has 1 aliphatic heterocycles. The number of fused-ring (bicyclic) bond motifs is 1. The van der Waals surface area contributed by atoms with Crippen molar-refractivity contribution < 1.29 is 14.7 Å². The molecule has 0 saturated heterocycles. The van der Waals surface area contributed by atoms with Crippen LogP contribution in [0.2, 0.25) is 0 Å². The minimum absolute atomic E-state index is 0.00690. The van der Waals surface area contributed by atoms with Crippen molar-refractivity contribution in [2.45, 2.75) is 13.1 Å². The Kier molecular flexibility index (Phi) is 3.68. The lowest BCUT2D eigenvalue weighted by Crippen LogP contribution is -2.27. The molecule has 0 bridgehead atoms. The number of hydrogen-bond acceptors (Lipinski definition) is 3. The first kappa shape index (κ1) is 12.0. The number of carboxylic acids is 1. The Morgan fingerprint density at radius 3 is 2.29 bits per heavy atom. The Bertz CT molecular complexity index is 422. The summed E-state index contributed by atoms with van der Waals surface area (Å²) in [6.07, 6.45) is 0. The van der Waals surface area contributed by atoms with Gasteiger partial charge in [0.05, 0.1) is 11.5 Å². The second-order valence-electron chi connectivity index (χ2n) is 3.91. The van der Waals surface area contributed by atoms with Gasteiger partial charge in [-0.3, -0.25) is 9.59 Å². The van der Waals surface area contributed by atoms with Crippen LogP contribution in [0.3, 0.4) is 0 Å². The van der Waals surface area contributed by atoms with Crippen LogP contribution >= 0.6 is 11.8 Å². The van der Waals surface area contributed by atoms with E-state index < -0.39 is 5.97 Å². The molecular formula is C12H13NO3S. The van der Waals surface area contributed by atoms with Crippen LogP contribution in [0.4, 0.5) is 0 Å². The predicted molar refractivity (Wildman–Crippen MR) is 65.7 cm³/mol. The molecule has 0 fully saturated rings. The molecule has 5 heteroatoms. The number of benzene rings is 1. The Morgan fingerprint density at radius 2 is 1.76 bits per heavy atom. The van der Waals surface area contributed by atoms with E-state index in [2.05, 4.69) is 0 Å². The highest BCUT2D eigenvalue weighted by Gasteiger charge is 2.22. The lowest BCUT2D eigenvalue weighted by atomic mass is 10.1. The van der Waals surface area contributed by atoms with E-state index in [1.165, 1.54) is 11.1 Å². The van der Waals surface area contributed by atoms with Gasteiger partial charge in [0, 0.05) is 13.1 Å². The van der Waals surface area contributed by atoms with Crippen molar-refractivity contribution in [1.82, 2.24) is 4.90 Å². The third-order valence-electron chi connectivity index (χ3n) is 2.64. The van der Waals surface area contributed by atoms with E-state index in [-0.39, 0.29) is 17.4 Å². The molecule has 17 heavy (non-hydrogen) atoms. The van der Waals surface area contributed by atoms with E-state index in [0.29, 0.717) is 13.1 Å². The topological polar surface area (TPSA) is 57.6 Å². The lowest BCUT2D eigenvalue weighted by molar-refractivity contribution is -0.133. The normalized spacial score (nSPS) is 13.5. The number of carbonyl (C=O) groups excluding carboxylic acids is 1. The summed E-state index contributed by atoms with van der Waals surface area (Å²) in [5.74, 6) is -0.660. The number of aliphatic carboxylic acids is 1. The van der Waals surface area contributed by atoms with Gasteiger partial charge in [-0.1, -0.05) is 24.3 Å². The molecule has 0 unspecified atom stereocenters. The maximum atomic E-state index is 11.8. The molecule has 0 spiro atoms. The maximum absolute atomic E-state index is 11.8. The Labute approximate surface area is 104 Å². The number of carbonyl (C=O) groups is 2. The summed E-state index contributed by atoms with van der Waals surface area (Å²) >= 11 is 1.14.